The standard InChI is InChI=1S/C23H23N3O4/c1-2-14-12-21(27)25-26-22(14)16-5-8-19-20(11-16)30-23(24-19)15-3-6-17(7-4-15)29-18-9-10-28-13-18/h3-8,11,14,18H,2,9-10,12-13H2,1H3,(H,25,27). The largest absolute Gasteiger partial charge is 0.488 e. The minimum Gasteiger partial charge on any atom is -0.488 e. The summed E-state index contributed by atoms with van der Waals surface area (Å²) in [5.74, 6) is 1.44. The van der Waals surface area contributed by atoms with E-state index in [-0.39, 0.29) is 17.9 Å². The molecule has 1 aromatic heterocycles. The highest BCUT2D eigenvalue weighted by atomic mass is 16.5. The smallest absolute Gasteiger partial charge is 0.240 e. The summed E-state index contributed by atoms with van der Waals surface area (Å²) >= 11 is 0. The van der Waals surface area contributed by atoms with Gasteiger partial charge in [0, 0.05) is 29.9 Å². The lowest BCUT2D eigenvalue weighted by atomic mass is 9.90. The summed E-state index contributed by atoms with van der Waals surface area (Å²) in [7, 11) is 0. The van der Waals surface area contributed by atoms with Crippen molar-refractivity contribution < 1.29 is 18.7 Å². The molecule has 3 heterocycles. The fraction of sp³-hybridized carbons (Fsp3) is 0.348. The van der Waals surface area contributed by atoms with E-state index in [2.05, 4.69) is 22.4 Å². The van der Waals surface area contributed by atoms with Crippen molar-refractivity contribution in [3.05, 3.63) is 48.0 Å². The quantitative estimate of drug-likeness (QED) is 0.695. The number of aromatic nitrogens is 1. The Balaban J connectivity index is 1.39. The minimum absolute atomic E-state index is 0.0403. The highest BCUT2D eigenvalue weighted by molar-refractivity contribution is 6.07. The molecule has 0 saturated carbocycles. The van der Waals surface area contributed by atoms with Gasteiger partial charge in [-0.3, -0.25) is 4.79 Å². The lowest BCUT2D eigenvalue weighted by Crippen LogP contribution is -2.33. The van der Waals surface area contributed by atoms with Crippen LogP contribution < -0.4 is 10.2 Å². The summed E-state index contributed by atoms with van der Waals surface area (Å²) in [4.78, 5) is 16.3. The molecule has 0 spiro atoms. The van der Waals surface area contributed by atoms with Gasteiger partial charge in [-0.05, 0) is 42.8 Å². The molecule has 1 amide bonds. The Bertz CT molecular complexity index is 1100. The van der Waals surface area contributed by atoms with Crippen LogP contribution in [0.15, 0.2) is 52.0 Å². The first kappa shape index (κ1) is 18.8. The van der Waals surface area contributed by atoms with E-state index < -0.39 is 0 Å². The highest BCUT2D eigenvalue weighted by Crippen LogP contribution is 2.29. The van der Waals surface area contributed by atoms with Gasteiger partial charge in [0.2, 0.25) is 11.8 Å². The van der Waals surface area contributed by atoms with Crippen molar-refractivity contribution in [1.82, 2.24) is 10.4 Å². The van der Waals surface area contributed by atoms with Gasteiger partial charge in [0.25, 0.3) is 0 Å². The SMILES string of the molecule is CCC1CC(=O)NN=C1c1ccc2nc(-c3ccc(OC4CCOC4)cc3)oc2c1. The average molecular weight is 405 g/mol. The maximum Gasteiger partial charge on any atom is 0.240 e. The first-order chi connectivity index (χ1) is 14.7. The molecule has 154 valence electrons. The van der Waals surface area contributed by atoms with Crippen molar-refractivity contribution >= 4 is 22.7 Å². The van der Waals surface area contributed by atoms with Gasteiger partial charge in [-0.2, -0.15) is 5.10 Å². The molecule has 7 heteroatoms. The van der Waals surface area contributed by atoms with Crippen LogP contribution in [0.25, 0.3) is 22.6 Å². The van der Waals surface area contributed by atoms with Gasteiger partial charge < -0.3 is 13.9 Å². The molecule has 0 radical (unpaired) electrons. The molecule has 0 aliphatic carbocycles. The number of nitrogens with one attached hydrogen (secondary N) is 1. The molecule has 1 saturated heterocycles. The number of rotatable bonds is 5. The summed E-state index contributed by atoms with van der Waals surface area (Å²) in [5.41, 5.74) is 6.78. The summed E-state index contributed by atoms with van der Waals surface area (Å²) in [6, 6.07) is 13.6. The van der Waals surface area contributed by atoms with E-state index in [1.165, 1.54) is 0 Å². The molecule has 2 atom stereocenters. The van der Waals surface area contributed by atoms with Gasteiger partial charge in [0.1, 0.15) is 17.4 Å². The van der Waals surface area contributed by atoms with Crippen LogP contribution in [0.1, 0.15) is 31.7 Å². The number of carbonyl (C=O) groups excluding carboxylic acids is 1. The van der Waals surface area contributed by atoms with Crippen LogP contribution in [-0.4, -0.2) is 35.9 Å². The number of nitrogens with zero attached hydrogens (tertiary/aromatic N) is 2. The third-order valence-corrected chi connectivity index (χ3v) is 5.59. The van der Waals surface area contributed by atoms with Crippen LogP contribution in [-0.2, 0) is 9.53 Å². The summed E-state index contributed by atoms with van der Waals surface area (Å²) in [5, 5.41) is 4.29. The predicted molar refractivity (Wildman–Crippen MR) is 112 cm³/mol. The molecule has 5 rings (SSSR count). The third kappa shape index (κ3) is 3.68. The molecular weight excluding hydrogens is 382 g/mol. The first-order valence-corrected chi connectivity index (χ1v) is 10.3. The van der Waals surface area contributed by atoms with Gasteiger partial charge >= 0.3 is 0 Å². The number of benzene rings is 2. The second-order valence-electron chi connectivity index (χ2n) is 7.67. The normalized spacial score (nSPS) is 21.5. The zero-order valence-electron chi connectivity index (χ0n) is 16.8. The van der Waals surface area contributed by atoms with Gasteiger partial charge in [0.15, 0.2) is 5.58 Å². The van der Waals surface area contributed by atoms with Crippen LogP contribution in [0.4, 0.5) is 0 Å². The van der Waals surface area contributed by atoms with Gasteiger partial charge in [0.05, 0.1) is 18.9 Å². The van der Waals surface area contributed by atoms with Crippen LogP contribution in [0.3, 0.4) is 0 Å². The molecule has 0 bridgehead atoms. The maximum atomic E-state index is 11.6. The number of carbonyl (C=O) groups is 1. The lowest BCUT2D eigenvalue weighted by molar-refractivity contribution is -0.122. The maximum absolute atomic E-state index is 11.6. The van der Waals surface area contributed by atoms with Crippen molar-refractivity contribution in [2.45, 2.75) is 32.3 Å². The summed E-state index contributed by atoms with van der Waals surface area (Å²) < 4.78 is 17.3. The van der Waals surface area contributed by atoms with Crippen LogP contribution in [0.2, 0.25) is 0 Å². The Morgan fingerprint density at radius 3 is 2.77 bits per heavy atom. The van der Waals surface area contributed by atoms with E-state index in [9.17, 15) is 4.79 Å². The molecule has 2 aliphatic rings. The number of ether oxygens (including phenoxy) is 2. The Kier molecular flexibility index (Phi) is 4.96. The van der Waals surface area contributed by atoms with Crippen LogP contribution >= 0.6 is 0 Å². The molecule has 7 nitrogen and oxygen atoms in total. The van der Waals surface area contributed by atoms with E-state index in [1.54, 1.807) is 0 Å². The lowest BCUT2D eigenvalue weighted by Gasteiger charge is -2.21. The van der Waals surface area contributed by atoms with Crippen molar-refractivity contribution in [1.29, 1.82) is 0 Å². The van der Waals surface area contributed by atoms with Crippen molar-refractivity contribution in [3.8, 4) is 17.2 Å². The van der Waals surface area contributed by atoms with Gasteiger partial charge in [-0.1, -0.05) is 13.0 Å². The summed E-state index contributed by atoms with van der Waals surface area (Å²) in [6.45, 7) is 3.46. The predicted octanol–water partition coefficient (Wildman–Crippen LogP) is 3.91. The molecule has 2 aliphatic heterocycles. The van der Waals surface area contributed by atoms with Crippen molar-refractivity contribution in [2.24, 2.45) is 11.0 Å². The molecule has 2 unspecified atom stereocenters. The number of hydrogen-bond donors (Lipinski definition) is 1. The van der Waals surface area contributed by atoms with E-state index in [4.69, 9.17) is 13.9 Å². The Labute approximate surface area is 174 Å². The van der Waals surface area contributed by atoms with Crippen molar-refractivity contribution in [2.75, 3.05) is 13.2 Å². The second kappa shape index (κ2) is 7.91. The molecular formula is C23H23N3O4. The van der Waals surface area contributed by atoms with E-state index in [0.717, 1.165) is 47.6 Å². The number of amides is 1. The highest BCUT2D eigenvalue weighted by Gasteiger charge is 2.24. The number of oxazole rings is 1. The molecule has 1 fully saturated rings. The van der Waals surface area contributed by atoms with E-state index in [0.29, 0.717) is 24.5 Å². The zero-order valence-corrected chi connectivity index (χ0v) is 16.8. The third-order valence-electron chi connectivity index (χ3n) is 5.59. The second-order valence-corrected chi connectivity index (χ2v) is 7.67. The van der Waals surface area contributed by atoms with E-state index in [1.807, 2.05) is 42.5 Å². The summed E-state index contributed by atoms with van der Waals surface area (Å²) in [6.07, 6.45) is 2.35. The monoisotopic (exact) mass is 405 g/mol. The fourth-order valence-corrected chi connectivity index (χ4v) is 3.90. The number of hydrogen-bond acceptors (Lipinski definition) is 6. The topological polar surface area (TPSA) is 86.0 Å². The zero-order chi connectivity index (χ0) is 20.5. The molecule has 3 aromatic rings. The molecule has 1 N–H and O–H groups in total. The number of hydrazone groups is 1. The fourth-order valence-electron chi connectivity index (χ4n) is 3.90. The van der Waals surface area contributed by atoms with Gasteiger partial charge in [-0.25, -0.2) is 10.4 Å². The van der Waals surface area contributed by atoms with Crippen LogP contribution in [0, 0.1) is 5.92 Å². The Morgan fingerprint density at radius 2 is 2.00 bits per heavy atom. The first-order valence-electron chi connectivity index (χ1n) is 10.3. The Hall–Kier alpha value is -3.19. The van der Waals surface area contributed by atoms with Gasteiger partial charge in [-0.15, -0.1) is 0 Å². The Morgan fingerprint density at radius 1 is 1.17 bits per heavy atom. The number of fused-ring (bicyclic) bond motifs is 1. The van der Waals surface area contributed by atoms with Crippen LogP contribution in [0.5, 0.6) is 5.75 Å². The minimum atomic E-state index is -0.0403. The average Bonchev–Trinajstić information content (AvgIpc) is 3.43. The van der Waals surface area contributed by atoms with E-state index >= 15 is 0 Å². The molecule has 2 aromatic carbocycles. The van der Waals surface area contributed by atoms with Crippen molar-refractivity contribution in [3.63, 3.8) is 0 Å². The molecule has 30 heavy (non-hydrogen) atoms.